The van der Waals surface area contributed by atoms with Gasteiger partial charge in [0.25, 0.3) is 5.69 Å². The van der Waals surface area contributed by atoms with Crippen LogP contribution in [0.3, 0.4) is 0 Å². The van der Waals surface area contributed by atoms with Gasteiger partial charge in [-0.3, -0.25) is 10.1 Å². The van der Waals surface area contributed by atoms with Gasteiger partial charge in [0, 0.05) is 25.3 Å². The normalized spacial score (nSPS) is 10.2. The van der Waals surface area contributed by atoms with Gasteiger partial charge in [-0.15, -0.1) is 0 Å². The lowest BCUT2D eigenvalue weighted by molar-refractivity contribution is -0.384. The molecule has 1 aromatic carbocycles. The number of nitro groups is 1. The predicted octanol–water partition coefficient (Wildman–Crippen LogP) is 1.87. The van der Waals surface area contributed by atoms with Crippen molar-refractivity contribution in [1.82, 2.24) is 0 Å². The molecule has 104 valence electrons. The van der Waals surface area contributed by atoms with Gasteiger partial charge >= 0.3 is 5.97 Å². The summed E-state index contributed by atoms with van der Waals surface area (Å²) >= 11 is 0. The number of aromatic carboxylic acids is 1. The van der Waals surface area contributed by atoms with E-state index in [4.69, 9.17) is 10.2 Å². The number of hydrogen-bond donors (Lipinski definition) is 3. The van der Waals surface area contributed by atoms with Crippen molar-refractivity contribution in [1.29, 1.82) is 0 Å². The van der Waals surface area contributed by atoms with Crippen molar-refractivity contribution in [2.75, 3.05) is 18.5 Å². The SMILES string of the molecule is O=C(O)c1ccc([N+](=O)[O-])cc1NCCCCCO. The van der Waals surface area contributed by atoms with Crippen molar-refractivity contribution in [3.05, 3.63) is 33.9 Å². The average molecular weight is 268 g/mol. The molecule has 1 rings (SSSR count). The summed E-state index contributed by atoms with van der Waals surface area (Å²) in [5.74, 6) is -1.13. The molecule has 0 radical (unpaired) electrons. The zero-order valence-electron chi connectivity index (χ0n) is 10.3. The van der Waals surface area contributed by atoms with Crippen LogP contribution in [0, 0.1) is 10.1 Å². The summed E-state index contributed by atoms with van der Waals surface area (Å²) < 4.78 is 0. The number of rotatable bonds is 8. The van der Waals surface area contributed by atoms with Gasteiger partial charge in [0.1, 0.15) is 0 Å². The molecule has 1 aromatic rings. The van der Waals surface area contributed by atoms with Crippen LogP contribution in [0.4, 0.5) is 11.4 Å². The molecule has 0 aliphatic heterocycles. The van der Waals surface area contributed by atoms with E-state index in [0.717, 1.165) is 12.8 Å². The second-order valence-electron chi connectivity index (χ2n) is 4.00. The molecule has 0 atom stereocenters. The Morgan fingerprint density at radius 2 is 2.05 bits per heavy atom. The van der Waals surface area contributed by atoms with Gasteiger partial charge in [-0.2, -0.15) is 0 Å². The summed E-state index contributed by atoms with van der Waals surface area (Å²) in [5, 5.41) is 31.2. The molecular weight excluding hydrogens is 252 g/mol. The Balaban J connectivity index is 2.74. The smallest absolute Gasteiger partial charge is 0.337 e. The quantitative estimate of drug-likeness (QED) is 0.377. The zero-order valence-corrected chi connectivity index (χ0v) is 10.3. The Morgan fingerprint density at radius 1 is 1.32 bits per heavy atom. The Hall–Kier alpha value is -2.15. The van der Waals surface area contributed by atoms with E-state index < -0.39 is 10.9 Å². The summed E-state index contributed by atoms with van der Waals surface area (Å²) in [7, 11) is 0. The number of aliphatic hydroxyl groups excluding tert-OH is 1. The van der Waals surface area contributed by atoms with E-state index in [-0.39, 0.29) is 23.5 Å². The minimum absolute atomic E-state index is 0.00718. The lowest BCUT2D eigenvalue weighted by atomic mass is 10.1. The van der Waals surface area contributed by atoms with Gasteiger partial charge in [0.2, 0.25) is 0 Å². The van der Waals surface area contributed by atoms with Crippen LogP contribution in [0.5, 0.6) is 0 Å². The monoisotopic (exact) mass is 268 g/mol. The molecular formula is C12H16N2O5. The number of aliphatic hydroxyl groups is 1. The number of carbonyl (C=O) groups is 1. The fourth-order valence-corrected chi connectivity index (χ4v) is 1.62. The van der Waals surface area contributed by atoms with E-state index >= 15 is 0 Å². The topological polar surface area (TPSA) is 113 Å². The molecule has 7 nitrogen and oxygen atoms in total. The number of non-ortho nitro benzene ring substituents is 1. The molecule has 0 saturated carbocycles. The van der Waals surface area contributed by atoms with Gasteiger partial charge in [-0.25, -0.2) is 4.79 Å². The van der Waals surface area contributed by atoms with Crippen LogP contribution in [-0.2, 0) is 0 Å². The van der Waals surface area contributed by atoms with E-state index in [1.807, 2.05) is 0 Å². The standard InChI is InChI=1S/C12H16N2O5/c15-7-3-1-2-6-13-11-8-9(14(18)19)4-5-10(11)12(16)17/h4-5,8,13,15H,1-3,6-7H2,(H,16,17). The molecule has 3 N–H and O–H groups in total. The van der Waals surface area contributed by atoms with E-state index in [9.17, 15) is 14.9 Å². The fourth-order valence-electron chi connectivity index (χ4n) is 1.62. The molecule has 0 heterocycles. The number of anilines is 1. The molecule has 0 fully saturated rings. The van der Waals surface area contributed by atoms with Crippen molar-refractivity contribution >= 4 is 17.3 Å². The van der Waals surface area contributed by atoms with Crippen molar-refractivity contribution in [2.45, 2.75) is 19.3 Å². The molecule has 19 heavy (non-hydrogen) atoms. The first-order valence-electron chi connectivity index (χ1n) is 5.92. The van der Waals surface area contributed by atoms with E-state index in [2.05, 4.69) is 5.32 Å². The number of nitrogens with one attached hydrogen (secondary N) is 1. The van der Waals surface area contributed by atoms with Crippen LogP contribution in [0.15, 0.2) is 18.2 Å². The minimum atomic E-state index is -1.13. The number of nitrogens with zero attached hydrogens (tertiary/aromatic N) is 1. The molecule has 0 saturated heterocycles. The maximum Gasteiger partial charge on any atom is 0.337 e. The lowest BCUT2D eigenvalue weighted by Gasteiger charge is -2.09. The molecule has 0 bridgehead atoms. The van der Waals surface area contributed by atoms with Crippen molar-refractivity contribution < 1.29 is 19.9 Å². The number of carboxylic acid groups (broad SMARTS) is 1. The minimum Gasteiger partial charge on any atom is -0.478 e. The first-order valence-corrected chi connectivity index (χ1v) is 5.92. The summed E-state index contributed by atoms with van der Waals surface area (Å²) in [6.45, 7) is 0.624. The molecule has 0 unspecified atom stereocenters. The third-order valence-electron chi connectivity index (χ3n) is 2.59. The highest BCUT2D eigenvalue weighted by Crippen LogP contribution is 2.22. The molecule has 0 aliphatic carbocycles. The lowest BCUT2D eigenvalue weighted by Crippen LogP contribution is -2.08. The van der Waals surface area contributed by atoms with Crippen molar-refractivity contribution in [3.8, 4) is 0 Å². The number of benzene rings is 1. The second kappa shape index (κ2) is 7.32. The summed E-state index contributed by atoms with van der Waals surface area (Å²) in [6.07, 6.45) is 2.24. The second-order valence-corrected chi connectivity index (χ2v) is 4.00. The van der Waals surface area contributed by atoms with Crippen LogP contribution in [0.25, 0.3) is 0 Å². The van der Waals surface area contributed by atoms with Gasteiger partial charge in [0.05, 0.1) is 16.2 Å². The largest absolute Gasteiger partial charge is 0.478 e. The van der Waals surface area contributed by atoms with Crippen LogP contribution < -0.4 is 5.32 Å². The van der Waals surface area contributed by atoms with Crippen LogP contribution >= 0.6 is 0 Å². The first kappa shape index (κ1) is 14.9. The Morgan fingerprint density at radius 3 is 2.63 bits per heavy atom. The van der Waals surface area contributed by atoms with Gasteiger partial charge < -0.3 is 15.5 Å². The molecule has 0 amide bonds. The van der Waals surface area contributed by atoms with Crippen LogP contribution in [0.1, 0.15) is 29.6 Å². The third-order valence-corrected chi connectivity index (χ3v) is 2.59. The van der Waals surface area contributed by atoms with Gasteiger partial charge in [0.15, 0.2) is 0 Å². The Labute approximate surface area is 110 Å². The number of hydrogen-bond acceptors (Lipinski definition) is 5. The van der Waals surface area contributed by atoms with Crippen LogP contribution in [-0.4, -0.2) is 34.3 Å². The Bertz CT molecular complexity index is 461. The average Bonchev–Trinajstić information content (AvgIpc) is 2.38. The first-order chi connectivity index (χ1) is 9.06. The van der Waals surface area contributed by atoms with E-state index in [1.54, 1.807) is 0 Å². The van der Waals surface area contributed by atoms with E-state index in [1.165, 1.54) is 18.2 Å². The van der Waals surface area contributed by atoms with Crippen molar-refractivity contribution in [3.63, 3.8) is 0 Å². The summed E-state index contributed by atoms with van der Waals surface area (Å²) in [5.41, 5.74) is 0.0984. The highest BCUT2D eigenvalue weighted by molar-refractivity contribution is 5.94. The third kappa shape index (κ3) is 4.55. The molecule has 0 aromatic heterocycles. The molecule has 7 heteroatoms. The van der Waals surface area contributed by atoms with Gasteiger partial charge in [-0.1, -0.05) is 0 Å². The zero-order chi connectivity index (χ0) is 14.3. The predicted molar refractivity (Wildman–Crippen MR) is 69.5 cm³/mol. The number of nitro benzene ring substituents is 1. The molecule has 0 aliphatic rings. The highest BCUT2D eigenvalue weighted by atomic mass is 16.6. The number of carboxylic acids is 1. The van der Waals surface area contributed by atoms with Crippen LogP contribution in [0.2, 0.25) is 0 Å². The van der Waals surface area contributed by atoms with E-state index in [0.29, 0.717) is 13.0 Å². The maximum absolute atomic E-state index is 11.0. The summed E-state index contributed by atoms with van der Waals surface area (Å²) in [4.78, 5) is 21.1. The maximum atomic E-state index is 11.0. The fraction of sp³-hybridized carbons (Fsp3) is 0.417. The van der Waals surface area contributed by atoms with Crippen molar-refractivity contribution in [2.24, 2.45) is 0 Å². The van der Waals surface area contributed by atoms with Gasteiger partial charge in [-0.05, 0) is 25.3 Å². The highest BCUT2D eigenvalue weighted by Gasteiger charge is 2.14. The summed E-state index contributed by atoms with van der Waals surface area (Å²) in [6, 6.07) is 3.60. The Kier molecular flexibility index (Phi) is 5.74. The molecule has 0 spiro atoms. The number of unbranched alkanes of at least 4 members (excludes halogenated alkanes) is 2.